The summed E-state index contributed by atoms with van der Waals surface area (Å²) in [6.07, 6.45) is 1.62. The maximum atomic E-state index is 12.6. The summed E-state index contributed by atoms with van der Waals surface area (Å²) in [4.78, 5) is 14.4. The SMILES string of the molecule is Cc1c(C(=O)N(CCN)Cc2ccccc2)cnn1C. The van der Waals surface area contributed by atoms with Crippen molar-refractivity contribution < 1.29 is 4.79 Å². The van der Waals surface area contributed by atoms with Crippen LogP contribution >= 0.6 is 0 Å². The molecule has 1 heterocycles. The lowest BCUT2D eigenvalue weighted by atomic mass is 10.1. The molecule has 106 valence electrons. The summed E-state index contributed by atoms with van der Waals surface area (Å²) < 4.78 is 1.70. The summed E-state index contributed by atoms with van der Waals surface area (Å²) in [5.74, 6) is -0.0232. The third-order valence-corrected chi connectivity index (χ3v) is 3.37. The summed E-state index contributed by atoms with van der Waals surface area (Å²) in [5, 5.41) is 4.12. The van der Waals surface area contributed by atoms with Crippen molar-refractivity contribution in [2.75, 3.05) is 13.1 Å². The zero-order chi connectivity index (χ0) is 14.5. The van der Waals surface area contributed by atoms with Crippen LogP contribution in [0.25, 0.3) is 0 Å². The Balaban J connectivity index is 2.20. The highest BCUT2D eigenvalue weighted by atomic mass is 16.2. The Labute approximate surface area is 119 Å². The molecule has 2 N–H and O–H groups in total. The van der Waals surface area contributed by atoms with Gasteiger partial charge in [-0.15, -0.1) is 0 Å². The van der Waals surface area contributed by atoms with Gasteiger partial charge in [-0.25, -0.2) is 0 Å². The fourth-order valence-corrected chi connectivity index (χ4v) is 2.09. The fraction of sp³-hybridized carbons (Fsp3) is 0.333. The van der Waals surface area contributed by atoms with Gasteiger partial charge in [0.05, 0.1) is 11.8 Å². The number of rotatable bonds is 5. The maximum absolute atomic E-state index is 12.6. The van der Waals surface area contributed by atoms with E-state index in [1.807, 2.05) is 44.3 Å². The standard InChI is InChI=1S/C15H20N4O/c1-12-14(10-17-18(12)2)15(20)19(9-8-16)11-13-6-4-3-5-7-13/h3-7,10H,8-9,11,16H2,1-2H3. The lowest BCUT2D eigenvalue weighted by Crippen LogP contribution is -2.35. The first-order valence-corrected chi connectivity index (χ1v) is 6.65. The smallest absolute Gasteiger partial charge is 0.257 e. The van der Waals surface area contributed by atoms with Crippen LogP contribution in [-0.2, 0) is 13.6 Å². The van der Waals surface area contributed by atoms with Gasteiger partial charge in [0.25, 0.3) is 5.91 Å². The number of amides is 1. The van der Waals surface area contributed by atoms with Gasteiger partial charge in [0.2, 0.25) is 0 Å². The number of nitrogens with two attached hydrogens (primary N) is 1. The van der Waals surface area contributed by atoms with Crippen LogP contribution < -0.4 is 5.73 Å². The number of aryl methyl sites for hydroxylation is 1. The molecule has 2 aromatic rings. The van der Waals surface area contributed by atoms with Crippen molar-refractivity contribution in [2.24, 2.45) is 12.8 Å². The van der Waals surface area contributed by atoms with Crippen LogP contribution in [0.15, 0.2) is 36.5 Å². The monoisotopic (exact) mass is 272 g/mol. The van der Waals surface area contributed by atoms with Gasteiger partial charge in [0.15, 0.2) is 0 Å². The predicted octanol–water partition coefficient (Wildman–Crippen LogP) is 1.33. The second kappa shape index (κ2) is 6.34. The minimum absolute atomic E-state index is 0.0232. The molecule has 0 aliphatic carbocycles. The molecule has 20 heavy (non-hydrogen) atoms. The zero-order valence-electron chi connectivity index (χ0n) is 11.9. The van der Waals surface area contributed by atoms with Crippen molar-refractivity contribution >= 4 is 5.91 Å². The average Bonchev–Trinajstić information content (AvgIpc) is 2.79. The first kappa shape index (κ1) is 14.3. The van der Waals surface area contributed by atoms with Crippen molar-refractivity contribution in [3.05, 3.63) is 53.3 Å². The number of hydrogen-bond donors (Lipinski definition) is 1. The highest BCUT2D eigenvalue weighted by Crippen LogP contribution is 2.12. The van der Waals surface area contributed by atoms with E-state index in [9.17, 15) is 4.79 Å². The van der Waals surface area contributed by atoms with Gasteiger partial charge in [0, 0.05) is 32.4 Å². The quantitative estimate of drug-likeness (QED) is 0.893. The lowest BCUT2D eigenvalue weighted by Gasteiger charge is -2.22. The molecule has 0 spiro atoms. The Kier molecular flexibility index (Phi) is 4.53. The van der Waals surface area contributed by atoms with Gasteiger partial charge >= 0.3 is 0 Å². The first-order chi connectivity index (χ1) is 9.63. The number of nitrogens with zero attached hydrogens (tertiary/aromatic N) is 3. The Morgan fingerprint density at radius 3 is 2.60 bits per heavy atom. The Bertz CT molecular complexity index is 577. The summed E-state index contributed by atoms with van der Waals surface area (Å²) in [6.45, 7) is 3.43. The van der Waals surface area contributed by atoms with E-state index in [0.29, 0.717) is 25.2 Å². The number of aromatic nitrogens is 2. The highest BCUT2D eigenvalue weighted by Gasteiger charge is 2.19. The van der Waals surface area contributed by atoms with Crippen LogP contribution in [0.5, 0.6) is 0 Å². The molecule has 0 saturated carbocycles. The van der Waals surface area contributed by atoms with E-state index in [1.54, 1.807) is 15.8 Å². The second-order valence-electron chi connectivity index (χ2n) is 4.77. The molecule has 0 aliphatic rings. The molecule has 1 aromatic heterocycles. The molecular formula is C15H20N4O. The number of benzene rings is 1. The van der Waals surface area contributed by atoms with Gasteiger partial charge in [0.1, 0.15) is 0 Å². The van der Waals surface area contributed by atoms with Crippen LogP contribution in [0.3, 0.4) is 0 Å². The third-order valence-electron chi connectivity index (χ3n) is 3.37. The maximum Gasteiger partial charge on any atom is 0.257 e. The molecule has 0 radical (unpaired) electrons. The van der Waals surface area contributed by atoms with E-state index in [2.05, 4.69) is 5.10 Å². The fourth-order valence-electron chi connectivity index (χ4n) is 2.09. The zero-order valence-corrected chi connectivity index (χ0v) is 11.9. The summed E-state index contributed by atoms with van der Waals surface area (Å²) in [7, 11) is 1.83. The molecule has 0 bridgehead atoms. The molecule has 1 amide bonds. The summed E-state index contributed by atoms with van der Waals surface area (Å²) >= 11 is 0. The second-order valence-corrected chi connectivity index (χ2v) is 4.77. The molecule has 5 heteroatoms. The van der Waals surface area contributed by atoms with Crippen molar-refractivity contribution in [1.82, 2.24) is 14.7 Å². The van der Waals surface area contributed by atoms with E-state index < -0.39 is 0 Å². The van der Waals surface area contributed by atoms with Crippen LogP contribution in [0.2, 0.25) is 0 Å². The van der Waals surface area contributed by atoms with Crippen LogP contribution in [-0.4, -0.2) is 33.7 Å². The minimum Gasteiger partial charge on any atom is -0.333 e. The van der Waals surface area contributed by atoms with Crippen LogP contribution in [0, 0.1) is 6.92 Å². The Morgan fingerprint density at radius 1 is 1.35 bits per heavy atom. The predicted molar refractivity (Wildman–Crippen MR) is 78.2 cm³/mol. The van der Waals surface area contributed by atoms with E-state index in [4.69, 9.17) is 5.73 Å². The highest BCUT2D eigenvalue weighted by molar-refractivity contribution is 5.95. The number of hydrogen-bond acceptors (Lipinski definition) is 3. The minimum atomic E-state index is -0.0232. The largest absolute Gasteiger partial charge is 0.333 e. The van der Waals surface area contributed by atoms with Crippen molar-refractivity contribution in [2.45, 2.75) is 13.5 Å². The van der Waals surface area contributed by atoms with Gasteiger partial charge in [-0.2, -0.15) is 5.10 Å². The van der Waals surface area contributed by atoms with Gasteiger partial charge in [-0.05, 0) is 12.5 Å². The van der Waals surface area contributed by atoms with Gasteiger partial charge < -0.3 is 10.6 Å². The average molecular weight is 272 g/mol. The number of carbonyl (C=O) groups is 1. The molecule has 5 nitrogen and oxygen atoms in total. The first-order valence-electron chi connectivity index (χ1n) is 6.65. The van der Waals surface area contributed by atoms with Crippen molar-refractivity contribution in [3.63, 3.8) is 0 Å². The van der Waals surface area contributed by atoms with Crippen molar-refractivity contribution in [3.8, 4) is 0 Å². The van der Waals surface area contributed by atoms with E-state index >= 15 is 0 Å². The van der Waals surface area contributed by atoms with Gasteiger partial charge in [-0.1, -0.05) is 30.3 Å². The molecular weight excluding hydrogens is 252 g/mol. The molecule has 2 rings (SSSR count). The van der Waals surface area contributed by atoms with E-state index in [1.165, 1.54) is 0 Å². The van der Waals surface area contributed by atoms with Gasteiger partial charge in [-0.3, -0.25) is 9.48 Å². The molecule has 0 aliphatic heterocycles. The number of carbonyl (C=O) groups excluding carboxylic acids is 1. The third kappa shape index (κ3) is 3.05. The molecule has 0 saturated heterocycles. The summed E-state index contributed by atoms with van der Waals surface area (Å²) in [6, 6.07) is 9.91. The molecule has 0 fully saturated rings. The summed E-state index contributed by atoms with van der Waals surface area (Å²) in [5.41, 5.74) is 8.22. The Morgan fingerprint density at radius 2 is 2.05 bits per heavy atom. The topological polar surface area (TPSA) is 64.2 Å². The molecule has 0 atom stereocenters. The Hall–Kier alpha value is -2.14. The lowest BCUT2D eigenvalue weighted by molar-refractivity contribution is 0.0747. The van der Waals surface area contributed by atoms with Crippen LogP contribution in [0.4, 0.5) is 0 Å². The van der Waals surface area contributed by atoms with Crippen molar-refractivity contribution in [1.29, 1.82) is 0 Å². The molecule has 0 unspecified atom stereocenters. The normalized spacial score (nSPS) is 10.6. The van der Waals surface area contributed by atoms with E-state index in [-0.39, 0.29) is 5.91 Å². The van der Waals surface area contributed by atoms with Crippen LogP contribution in [0.1, 0.15) is 21.6 Å². The van der Waals surface area contributed by atoms with E-state index in [0.717, 1.165) is 11.3 Å². The molecule has 1 aromatic carbocycles.